The molecular weight excluding hydrogens is 280 g/mol. The summed E-state index contributed by atoms with van der Waals surface area (Å²) in [5.41, 5.74) is 0.755. The molecule has 0 amide bonds. The van der Waals surface area contributed by atoms with Gasteiger partial charge in [0.15, 0.2) is 6.29 Å². The molecule has 14 heavy (non-hydrogen) atoms. The summed E-state index contributed by atoms with van der Waals surface area (Å²) in [4.78, 5) is 10.8. The van der Waals surface area contributed by atoms with Crippen molar-refractivity contribution in [2.75, 3.05) is 6.26 Å². The zero-order chi connectivity index (χ0) is 10.1. The van der Waals surface area contributed by atoms with Crippen molar-refractivity contribution in [2.45, 2.75) is 4.21 Å². The molecular formula is C10H7BrOS2. The summed E-state index contributed by atoms with van der Waals surface area (Å²) >= 11 is 6.94. The van der Waals surface area contributed by atoms with Crippen LogP contribution in [0.25, 0.3) is 10.1 Å². The maximum absolute atomic E-state index is 10.8. The Morgan fingerprint density at radius 1 is 1.50 bits per heavy atom. The van der Waals surface area contributed by atoms with Gasteiger partial charge in [-0.25, -0.2) is 0 Å². The molecule has 72 valence electrons. The third-order valence-electron chi connectivity index (χ3n) is 1.97. The lowest BCUT2D eigenvalue weighted by Gasteiger charge is -1.94. The van der Waals surface area contributed by atoms with Crippen LogP contribution >= 0.6 is 39.0 Å². The van der Waals surface area contributed by atoms with Gasteiger partial charge in [-0.2, -0.15) is 0 Å². The normalized spacial score (nSPS) is 10.7. The number of hydrogen-bond donors (Lipinski definition) is 0. The maximum Gasteiger partial charge on any atom is 0.150 e. The molecule has 0 bridgehead atoms. The van der Waals surface area contributed by atoms with Crippen LogP contribution in [0, 0.1) is 0 Å². The summed E-state index contributed by atoms with van der Waals surface area (Å²) in [5.74, 6) is 0. The number of thiophene rings is 1. The molecule has 2 aromatic rings. The first kappa shape index (κ1) is 10.2. The second-order valence-electron chi connectivity index (χ2n) is 2.75. The van der Waals surface area contributed by atoms with Crippen LogP contribution in [0.2, 0.25) is 0 Å². The second-order valence-corrected chi connectivity index (χ2v) is 5.67. The first-order valence-corrected chi connectivity index (χ1v) is 6.81. The van der Waals surface area contributed by atoms with E-state index in [1.807, 2.05) is 24.5 Å². The minimum absolute atomic E-state index is 0.755. The van der Waals surface area contributed by atoms with Crippen LogP contribution in [-0.4, -0.2) is 12.5 Å². The molecule has 0 spiro atoms. The molecule has 1 heterocycles. The fraction of sp³-hybridized carbons (Fsp3) is 0.100. The predicted molar refractivity (Wildman–Crippen MR) is 66.7 cm³/mol. The Morgan fingerprint density at radius 2 is 2.29 bits per heavy atom. The first-order valence-electron chi connectivity index (χ1n) is 3.98. The molecule has 0 radical (unpaired) electrons. The van der Waals surface area contributed by atoms with E-state index < -0.39 is 0 Å². The highest BCUT2D eigenvalue weighted by Crippen LogP contribution is 2.41. The Labute approximate surface area is 98.6 Å². The predicted octanol–water partition coefficient (Wildman–Crippen LogP) is 4.20. The second kappa shape index (κ2) is 4.04. The Bertz CT molecular complexity index is 490. The van der Waals surface area contributed by atoms with Crippen LogP contribution in [0.15, 0.2) is 26.9 Å². The Kier molecular flexibility index (Phi) is 2.95. The summed E-state index contributed by atoms with van der Waals surface area (Å²) < 4.78 is 3.42. The lowest BCUT2D eigenvalue weighted by atomic mass is 10.1. The maximum atomic E-state index is 10.8. The van der Waals surface area contributed by atoms with Crippen LogP contribution in [-0.2, 0) is 0 Å². The first-order chi connectivity index (χ1) is 6.77. The van der Waals surface area contributed by atoms with Crippen LogP contribution in [0.5, 0.6) is 0 Å². The van der Waals surface area contributed by atoms with Crippen LogP contribution in [0.4, 0.5) is 0 Å². The van der Waals surface area contributed by atoms with Crippen LogP contribution in [0.1, 0.15) is 10.4 Å². The number of rotatable bonds is 2. The Balaban J connectivity index is 2.85. The summed E-state index contributed by atoms with van der Waals surface area (Å²) in [7, 11) is 0. The molecule has 1 nitrogen and oxygen atoms in total. The average Bonchev–Trinajstić information content (AvgIpc) is 2.55. The lowest BCUT2D eigenvalue weighted by Crippen LogP contribution is -1.79. The molecule has 4 heteroatoms. The van der Waals surface area contributed by atoms with Crippen molar-refractivity contribution >= 4 is 55.4 Å². The molecule has 1 aromatic heterocycles. The standard InChI is InChI=1S/C10H7BrOS2/c1-13-10-9(11)8-6(5-12)3-2-4-7(8)14-10/h2-5H,1H3. The van der Waals surface area contributed by atoms with Gasteiger partial charge in [0.25, 0.3) is 0 Å². The van der Waals surface area contributed by atoms with Gasteiger partial charge < -0.3 is 0 Å². The van der Waals surface area contributed by atoms with Gasteiger partial charge in [-0.3, -0.25) is 4.79 Å². The molecule has 0 unspecified atom stereocenters. The zero-order valence-electron chi connectivity index (χ0n) is 7.41. The van der Waals surface area contributed by atoms with E-state index in [2.05, 4.69) is 15.9 Å². The molecule has 0 fully saturated rings. The third-order valence-corrected chi connectivity index (χ3v) is 5.56. The van der Waals surface area contributed by atoms with Crippen molar-refractivity contribution in [3.05, 3.63) is 28.2 Å². The highest BCUT2D eigenvalue weighted by atomic mass is 79.9. The summed E-state index contributed by atoms with van der Waals surface area (Å²) in [5, 5.41) is 1.04. The largest absolute Gasteiger partial charge is 0.298 e. The fourth-order valence-electron chi connectivity index (χ4n) is 1.34. The summed E-state index contributed by atoms with van der Waals surface area (Å²) in [6.45, 7) is 0. The quantitative estimate of drug-likeness (QED) is 0.608. The number of thioether (sulfide) groups is 1. The number of carbonyl (C=O) groups is 1. The van der Waals surface area contributed by atoms with Gasteiger partial charge in [-0.15, -0.1) is 23.1 Å². The molecule has 0 saturated heterocycles. The van der Waals surface area contributed by atoms with Crippen molar-refractivity contribution in [2.24, 2.45) is 0 Å². The van der Waals surface area contributed by atoms with E-state index in [0.29, 0.717) is 0 Å². The third kappa shape index (κ3) is 1.51. The minimum atomic E-state index is 0.755. The minimum Gasteiger partial charge on any atom is -0.298 e. The molecule has 0 N–H and O–H groups in total. The van der Waals surface area contributed by atoms with E-state index >= 15 is 0 Å². The Hall–Kier alpha value is -0.320. The number of fused-ring (bicyclic) bond motifs is 1. The van der Waals surface area contributed by atoms with Crippen molar-refractivity contribution < 1.29 is 4.79 Å². The van der Waals surface area contributed by atoms with Crippen molar-refractivity contribution in [3.63, 3.8) is 0 Å². The van der Waals surface area contributed by atoms with E-state index in [1.165, 1.54) is 4.21 Å². The van der Waals surface area contributed by atoms with Gasteiger partial charge in [-0.1, -0.05) is 12.1 Å². The van der Waals surface area contributed by atoms with E-state index in [4.69, 9.17) is 0 Å². The number of benzene rings is 1. The topological polar surface area (TPSA) is 17.1 Å². The molecule has 0 atom stereocenters. The number of carbonyl (C=O) groups excluding carboxylic acids is 1. The van der Waals surface area contributed by atoms with Crippen molar-refractivity contribution in [1.29, 1.82) is 0 Å². The summed E-state index contributed by atoms with van der Waals surface area (Å²) in [6.07, 6.45) is 2.94. The highest BCUT2D eigenvalue weighted by molar-refractivity contribution is 9.10. The van der Waals surface area contributed by atoms with Crippen molar-refractivity contribution in [1.82, 2.24) is 0 Å². The van der Waals surface area contributed by atoms with Crippen LogP contribution in [0.3, 0.4) is 0 Å². The van der Waals surface area contributed by atoms with Gasteiger partial charge in [0.2, 0.25) is 0 Å². The number of aldehydes is 1. The van der Waals surface area contributed by atoms with Gasteiger partial charge in [0, 0.05) is 15.6 Å². The molecule has 0 aliphatic heterocycles. The molecule has 2 rings (SSSR count). The van der Waals surface area contributed by atoms with Crippen molar-refractivity contribution in [3.8, 4) is 0 Å². The smallest absolute Gasteiger partial charge is 0.150 e. The fourth-order valence-corrected chi connectivity index (χ4v) is 4.39. The van der Waals surface area contributed by atoms with E-state index in [1.54, 1.807) is 23.1 Å². The van der Waals surface area contributed by atoms with E-state index in [0.717, 1.165) is 26.4 Å². The number of halogens is 1. The van der Waals surface area contributed by atoms with E-state index in [9.17, 15) is 4.79 Å². The van der Waals surface area contributed by atoms with E-state index in [-0.39, 0.29) is 0 Å². The molecule has 1 aromatic carbocycles. The zero-order valence-corrected chi connectivity index (χ0v) is 10.6. The van der Waals surface area contributed by atoms with Gasteiger partial charge in [0.1, 0.15) is 0 Å². The number of hydrogen-bond acceptors (Lipinski definition) is 3. The molecule has 0 saturated carbocycles. The monoisotopic (exact) mass is 286 g/mol. The van der Waals surface area contributed by atoms with Crippen LogP contribution < -0.4 is 0 Å². The van der Waals surface area contributed by atoms with Gasteiger partial charge in [-0.05, 0) is 28.3 Å². The highest BCUT2D eigenvalue weighted by Gasteiger charge is 2.11. The van der Waals surface area contributed by atoms with Gasteiger partial charge in [0.05, 0.1) is 8.68 Å². The molecule has 0 aliphatic carbocycles. The Morgan fingerprint density at radius 3 is 2.93 bits per heavy atom. The average molecular weight is 287 g/mol. The van der Waals surface area contributed by atoms with Gasteiger partial charge >= 0.3 is 0 Å². The molecule has 0 aliphatic rings. The lowest BCUT2D eigenvalue weighted by molar-refractivity contribution is 0.112. The summed E-state index contributed by atoms with van der Waals surface area (Å²) in [6, 6.07) is 5.80. The SMILES string of the molecule is CSc1sc2cccc(C=O)c2c1Br.